The minimum atomic E-state index is -3.78. The predicted molar refractivity (Wildman–Crippen MR) is 94.4 cm³/mol. The molecule has 0 aliphatic heterocycles. The lowest BCUT2D eigenvalue weighted by Crippen LogP contribution is -2.33. The van der Waals surface area contributed by atoms with E-state index >= 15 is 0 Å². The maximum absolute atomic E-state index is 12.5. The van der Waals surface area contributed by atoms with Crippen LogP contribution in [0.4, 0.5) is 5.69 Å². The van der Waals surface area contributed by atoms with Gasteiger partial charge in [-0.3, -0.25) is 9.52 Å². The monoisotopic (exact) mass is 364 g/mol. The molecule has 0 radical (unpaired) electrons. The number of sulfonamides is 1. The van der Waals surface area contributed by atoms with Gasteiger partial charge in [0, 0.05) is 7.05 Å². The summed E-state index contributed by atoms with van der Waals surface area (Å²) in [4.78, 5) is 11.5. The molecular weight excluding hydrogens is 344 g/mol. The first-order chi connectivity index (χ1) is 11.9. The summed E-state index contributed by atoms with van der Waals surface area (Å²) in [7, 11) is -0.797. The molecule has 0 aliphatic carbocycles. The van der Waals surface area contributed by atoms with Gasteiger partial charge in [-0.15, -0.1) is 0 Å². The molecule has 0 fully saturated rings. The van der Waals surface area contributed by atoms with Gasteiger partial charge in [-0.1, -0.05) is 12.1 Å². The highest BCUT2D eigenvalue weighted by molar-refractivity contribution is 7.92. The second-order valence-electron chi connectivity index (χ2n) is 5.15. The number of benzene rings is 2. The number of para-hydroxylation sites is 2. The highest BCUT2D eigenvalue weighted by atomic mass is 32.2. The molecule has 0 saturated heterocycles. The zero-order chi connectivity index (χ0) is 18.4. The number of nitrogens with one attached hydrogen (secondary N) is 2. The van der Waals surface area contributed by atoms with Crippen LogP contribution in [0.15, 0.2) is 53.4 Å². The van der Waals surface area contributed by atoms with Gasteiger partial charge in [0.15, 0.2) is 6.10 Å². The maximum atomic E-state index is 12.5. The first-order valence-corrected chi connectivity index (χ1v) is 9.00. The third-order valence-electron chi connectivity index (χ3n) is 3.41. The Kier molecular flexibility index (Phi) is 5.87. The van der Waals surface area contributed by atoms with Crippen LogP contribution in [-0.2, 0) is 14.8 Å². The minimum absolute atomic E-state index is 0.0679. The summed E-state index contributed by atoms with van der Waals surface area (Å²) in [5, 5.41) is 2.48. The van der Waals surface area contributed by atoms with E-state index in [2.05, 4.69) is 10.0 Å². The number of anilines is 1. The molecule has 1 atom stereocenters. The SMILES string of the molecule is CNC(=O)[C@H](C)Oc1ccc(S(=O)(=O)Nc2ccccc2OC)cc1. The number of amides is 1. The van der Waals surface area contributed by atoms with Crippen LogP contribution in [-0.4, -0.2) is 34.6 Å². The normalized spacial score (nSPS) is 12.1. The van der Waals surface area contributed by atoms with E-state index in [1.807, 2.05) is 0 Å². The molecule has 0 heterocycles. The van der Waals surface area contributed by atoms with Crippen molar-refractivity contribution in [3.8, 4) is 11.5 Å². The van der Waals surface area contributed by atoms with Gasteiger partial charge in [0.05, 0.1) is 17.7 Å². The van der Waals surface area contributed by atoms with E-state index in [4.69, 9.17) is 9.47 Å². The lowest BCUT2D eigenvalue weighted by Gasteiger charge is -2.14. The minimum Gasteiger partial charge on any atom is -0.495 e. The van der Waals surface area contributed by atoms with Crippen LogP contribution in [0.25, 0.3) is 0 Å². The third kappa shape index (κ3) is 4.63. The second-order valence-corrected chi connectivity index (χ2v) is 6.83. The van der Waals surface area contributed by atoms with Crippen molar-refractivity contribution >= 4 is 21.6 Å². The van der Waals surface area contributed by atoms with E-state index in [1.165, 1.54) is 38.4 Å². The van der Waals surface area contributed by atoms with Crippen molar-refractivity contribution in [1.29, 1.82) is 0 Å². The topological polar surface area (TPSA) is 93.7 Å². The standard InChI is InChI=1S/C17H20N2O5S/c1-12(17(20)18-2)24-13-8-10-14(11-9-13)25(21,22)19-15-6-4-5-7-16(15)23-3/h4-12,19H,1-3H3,(H,18,20)/t12-/m0/s1. The lowest BCUT2D eigenvalue weighted by molar-refractivity contribution is -0.126. The molecule has 0 aliphatic rings. The fourth-order valence-corrected chi connectivity index (χ4v) is 3.16. The fourth-order valence-electron chi connectivity index (χ4n) is 2.09. The average molecular weight is 364 g/mol. The largest absolute Gasteiger partial charge is 0.495 e. The summed E-state index contributed by atoms with van der Waals surface area (Å²) in [6, 6.07) is 12.5. The Hall–Kier alpha value is -2.74. The number of carbonyl (C=O) groups excluding carboxylic acids is 1. The summed E-state index contributed by atoms with van der Waals surface area (Å²) in [6.45, 7) is 1.60. The highest BCUT2D eigenvalue weighted by Gasteiger charge is 2.17. The van der Waals surface area contributed by atoms with Gasteiger partial charge in [-0.05, 0) is 43.3 Å². The smallest absolute Gasteiger partial charge is 0.262 e. The van der Waals surface area contributed by atoms with Gasteiger partial charge >= 0.3 is 0 Å². The number of hydrogen-bond acceptors (Lipinski definition) is 5. The predicted octanol–water partition coefficient (Wildman–Crippen LogP) is 2.01. The molecule has 0 unspecified atom stereocenters. The second kappa shape index (κ2) is 7.89. The molecule has 134 valence electrons. The molecule has 2 rings (SSSR count). The number of likely N-dealkylation sites (N-methyl/N-ethyl adjacent to an activating group) is 1. The summed E-state index contributed by atoms with van der Waals surface area (Å²) < 4.78 is 38.0. The quantitative estimate of drug-likeness (QED) is 0.784. The van der Waals surface area contributed by atoms with Gasteiger partial charge in [0.25, 0.3) is 15.9 Å². The van der Waals surface area contributed by atoms with Crippen LogP contribution in [0.5, 0.6) is 11.5 Å². The molecule has 0 aromatic heterocycles. The van der Waals surface area contributed by atoms with E-state index < -0.39 is 16.1 Å². The van der Waals surface area contributed by atoms with Crippen LogP contribution >= 0.6 is 0 Å². The van der Waals surface area contributed by atoms with Crippen molar-refractivity contribution in [3.63, 3.8) is 0 Å². The van der Waals surface area contributed by atoms with E-state index in [1.54, 1.807) is 31.2 Å². The molecular formula is C17H20N2O5S. The molecule has 0 bridgehead atoms. The molecule has 2 aromatic carbocycles. The lowest BCUT2D eigenvalue weighted by atomic mass is 10.3. The molecule has 8 heteroatoms. The molecule has 7 nitrogen and oxygen atoms in total. The summed E-state index contributed by atoms with van der Waals surface area (Å²) in [5.41, 5.74) is 0.346. The molecule has 1 amide bonds. The Bertz CT molecular complexity index is 834. The van der Waals surface area contributed by atoms with Gasteiger partial charge in [-0.2, -0.15) is 0 Å². The number of methoxy groups -OCH3 is 1. The zero-order valence-corrected chi connectivity index (χ0v) is 15.0. The third-order valence-corrected chi connectivity index (χ3v) is 4.80. The van der Waals surface area contributed by atoms with Crippen molar-refractivity contribution in [2.45, 2.75) is 17.9 Å². The average Bonchev–Trinajstić information content (AvgIpc) is 2.61. The first kappa shape index (κ1) is 18.6. The van der Waals surface area contributed by atoms with Crippen molar-refractivity contribution in [3.05, 3.63) is 48.5 Å². The molecule has 0 saturated carbocycles. The molecule has 0 spiro atoms. The Labute approximate surface area is 147 Å². The van der Waals surface area contributed by atoms with Gasteiger partial charge in [0.1, 0.15) is 11.5 Å². The fraction of sp³-hybridized carbons (Fsp3) is 0.235. The Morgan fingerprint density at radius 3 is 2.32 bits per heavy atom. The van der Waals surface area contributed by atoms with Crippen LogP contribution in [0, 0.1) is 0 Å². The van der Waals surface area contributed by atoms with Crippen molar-refractivity contribution in [2.75, 3.05) is 18.9 Å². The Morgan fingerprint density at radius 2 is 1.72 bits per heavy atom. The number of ether oxygens (including phenoxy) is 2. The summed E-state index contributed by atoms with van der Waals surface area (Å²) >= 11 is 0. The number of carbonyl (C=O) groups is 1. The van der Waals surface area contributed by atoms with Crippen LogP contribution in [0.3, 0.4) is 0 Å². The van der Waals surface area contributed by atoms with E-state index in [9.17, 15) is 13.2 Å². The van der Waals surface area contributed by atoms with Crippen LogP contribution in [0.2, 0.25) is 0 Å². The zero-order valence-electron chi connectivity index (χ0n) is 14.1. The van der Waals surface area contributed by atoms with E-state index in [0.29, 0.717) is 17.2 Å². The van der Waals surface area contributed by atoms with Crippen LogP contribution < -0.4 is 19.5 Å². The highest BCUT2D eigenvalue weighted by Crippen LogP contribution is 2.26. The van der Waals surface area contributed by atoms with Crippen LogP contribution in [0.1, 0.15) is 6.92 Å². The first-order valence-electron chi connectivity index (χ1n) is 7.51. The van der Waals surface area contributed by atoms with Gasteiger partial charge in [0.2, 0.25) is 0 Å². The number of hydrogen-bond donors (Lipinski definition) is 2. The maximum Gasteiger partial charge on any atom is 0.262 e. The van der Waals surface area contributed by atoms with Crippen molar-refractivity contribution in [2.24, 2.45) is 0 Å². The van der Waals surface area contributed by atoms with E-state index in [-0.39, 0.29) is 10.8 Å². The summed E-state index contributed by atoms with van der Waals surface area (Å²) in [6.07, 6.45) is -0.681. The van der Waals surface area contributed by atoms with Gasteiger partial charge in [-0.25, -0.2) is 8.42 Å². The molecule has 2 N–H and O–H groups in total. The Balaban J connectivity index is 2.16. The summed E-state index contributed by atoms with van der Waals surface area (Å²) in [5.74, 6) is 0.548. The molecule has 2 aromatic rings. The van der Waals surface area contributed by atoms with Crippen molar-refractivity contribution in [1.82, 2.24) is 5.32 Å². The number of rotatable bonds is 7. The van der Waals surface area contributed by atoms with E-state index in [0.717, 1.165) is 0 Å². The molecule has 25 heavy (non-hydrogen) atoms. The Morgan fingerprint density at radius 1 is 1.08 bits per heavy atom. The van der Waals surface area contributed by atoms with Gasteiger partial charge < -0.3 is 14.8 Å². The van der Waals surface area contributed by atoms with Crippen molar-refractivity contribution < 1.29 is 22.7 Å².